The van der Waals surface area contributed by atoms with Crippen molar-refractivity contribution < 1.29 is 13.6 Å². The molecule has 2 aromatic carbocycles. The molecule has 0 bridgehead atoms. The largest absolute Gasteiger partial charge is 0.321 e. The van der Waals surface area contributed by atoms with E-state index in [1.165, 1.54) is 12.3 Å². The smallest absolute Gasteiger partial charge is 0.258 e. The van der Waals surface area contributed by atoms with Gasteiger partial charge in [0.15, 0.2) is 11.6 Å². The molecule has 24 heavy (non-hydrogen) atoms. The van der Waals surface area contributed by atoms with E-state index in [-0.39, 0.29) is 10.7 Å². The number of hydrogen-bond acceptors (Lipinski definition) is 2. The Hall–Kier alpha value is -2.79. The van der Waals surface area contributed by atoms with E-state index in [4.69, 9.17) is 11.6 Å². The Kier molecular flexibility index (Phi) is 4.53. The van der Waals surface area contributed by atoms with E-state index in [1.54, 1.807) is 36.4 Å². The van der Waals surface area contributed by atoms with Crippen LogP contribution >= 0.6 is 11.6 Å². The number of carbonyl (C=O) groups is 1. The summed E-state index contributed by atoms with van der Waals surface area (Å²) in [5.74, 6) is -2.32. The molecule has 0 aliphatic heterocycles. The fourth-order valence-electron chi connectivity index (χ4n) is 2.25. The molecule has 1 amide bonds. The number of pyridine rings is 1. The molecule has 0 aliphatic rings. The summed E-state index contributed by atoms with van der Waals surface area (Å²) in [5, 5.41) is 2.80. The number of benzene rings is 2. The second kappa shape index (κ2) is 6.76. The SMILES string of the molecule is O=C(Nc1ccccc1-c1ccc(F)c(F)c1)c1cccnc1Cl. The van der Waals surface area contributed by atoms with Crippen LogP contribution in [0.4, 0.5) is 14.5 Å². The van der Waals surface area contributed by atoms with Crippen molar-refractivity contribution >= 4 is 23.2 Å². The Morgan fingerprint density at radius 1 is 1.00 bits per heavy atom. The average Bonchev–Trinajstić information content (AvgIpc) is 2.58. The summed E-state index contributed by atoms with van der Waals surface area (Å²) in [6.07, 6.45) is 1.48. The number of hydrogen-bond donors (Lipinski definition) is 1. The molecule has 3 rings (SSSR count). The first kappa shape index (κ1) is 16.1. The van der Waals surface area contributed by atoms with Crippen LogP contribution in [-0.2, 0) is 0 Å². The zero-order valence-electron chi connectivity index (χ0n) is 12.3. The topological polar surface area (TPSA) is 42.0 Å². The fourth-order valence-corrected chi connectivity index (χ4v) is 2.46. The highest BCUT2D eigenvalue weighted by Crippen LogP contribution is 2.29. The molecule has 0 atom stereocenters. The molecule has 3 aromatic rings. The highest BCUT2D eigenvalue weighted by molar-refractivity contribution is 6.33. The van der Waals surface area contributed by atoms with Gasteiger partial charge in [-0.15, -0.1) is 0 Å². The third-order valence-electron chi connectivity index (χ3n) is 3.41. The molecule has 1 heterocycles. The van der Waals surface area contributed by atoms with Crippen LogP contribution < -0.4 is 5.32 Å². The van der Waals surface area contributed by atoms with Crippen LogP contribution in [0.25, 0.3) is 11.1 Å². The molecular formula is C18H11ClF2N2O. The van der Waals surface area contributed by atoms with Crippen LogP contribution in [0.1, 0.15) is 10.4 Å². The molecule has 0 unspecified atom stereocenters. The first-order valence-electron chi connectivity index (χ1n) is 7.02. The molecule has 1 N–H and O–H groups in total. The first-order valence-corrected chi connectivity index (χ1v) is 7.40. The number of para-hydroxylation sites is 1. The minimum atomic E-state index is -0.955. The van der Waals surface area contributed by atoms with E-state index in [0.717, 1.165) is 12.1 Å². The van der Waals surface area contributed by atoms with Gasteiger partial charge >= 0.3 is 0 Å². The lowest BCUT2D eigenvalue weighted by Crippen LogP contribution is -2.13. The Bertz CT molecular complexity index is 915. The van der Waals surface area contributed by atoms with Gasteiger partial charge in [-0.1, -0.05) is 35.9 Å². The highest BCUT2D eigenvalue weighted by atomic mass is 35.5. The Balaban J connectivity index is 1.96. The molecule has 0 saturated carbocycles. The highest BCUT2D eigenvalue weighted by Gasteiger charge is 2.14. The van der Waals surface area contributed by atoms with E-state index >= 15 is 0 Å². The zero-order valence-corrected chi connectivity index (χ0v) is 13.0. The summed E-state index contributed by atoms with van der Waals surface area (Å²) in [6.45, 7) is 0. The van der Waals surface area contributed by atoms with E-state index in [2.05, 4.69) is 10.3 Å². The molecule has 0 aliphatic carbocycles. The van der Waals surface area contributed by atoms with Crippen molar-refractivity contribution in [1.82, 2.24) is 4.98 Å². The van der Waals surface area contributed by atoms with Gasteiger partial charge in [0.05, 0.1) is 5.56 Å². The summed E-state index contributed by atoms with van der Waals surface area (Å²) in [6, 6.07) is 13.5. The average molecular weight is 345 g/mol. The van der Waals surface area contributed by atoms with Gasteiger partial charge in [-0.05, 0) is 35.9 Å². The van der Waals surface area contributed by atoms with Gasteiger partial charge in [0.2, 0.25) is 0 Å². The molecule has 3 nitrogen and oxygen atoms in total. The minimum absolute atomic E-state index is 0.0836. The van der Waals surface area contributed by atoms with Crippen molar-refractivity contribution in [3.63, 3.8) is 0 Å². The van der Waals surface area contributed by atoms with Gasteiger partial charge in [0.1, 0.15) is 5.15 Å². The number of nitrogens with zero attached hydrogens (tertiary/aromatic N) is 1. The van der Waals surface area contributed by atoms with E-state index < -0.39 is 17.5 Å². The van der Waals surface area contributed by atoms with E-state index in [9.17, 15) is 13.6 Å². The maximum Gasteiger partial charge on any atom is 0.258 e. The second-order valence-corrected chi connectivity index (χ2v) is 5.33. The van der Waals surface area contributed by atoms with Gasteiger partial charge in [-0.3, -0.25) is 4.79 Å². The molecule has 0 saturated heterocycles. The van der Waals surface area contributed by atoms with Crippen LogP contribution in [0.3, 0.4) is 0 Å². The van der Waals surface area contributed by atoms with Gasteiger partial charge in [0.25, 0.3) is 5.91 Å². The number of nitrogens with one attached hydrogen (secondary N) is 1. The Labute approximate surface area is 141 Å². The summed E-state index contributed by atoms with van der Waals surface area (Å²) in [4.78, 5) is 16.2. The number of anilines is 1. The van der Waals surface area contributed by atoms with E-state index in [0.29, 0.717) is 16.8 Å². The number of aromatic nitrogens is 1. The zero-order chi connectivity index (χ0) is 17.1. The Morgan fingerprint density at radius 2 is 1.79 bits per heavy atom. The van der Waals surface area contributed by atoms with Crippen molar-refractivity contribution in [2.45, 2.75) is 0 Å². The van der Waals surface area contributed by atoms with Crippen molar-refractivity contribution in [1.29, 1.82) is 0 Å². The van der Waals surface area contributed by atoms with Crippen molar-refractivity contribution in [3.8, 4) is 11.1 Å². The standard InChI is InChI=1S/C18H11ClF2N2O/c19-17-13(5-3-9-22-17)18(24)23-16-6-2-1-4-12(16)11-7-8-14(20)15(21)10-11/h1-10H,(H,23,24). The molecule has 0 fully saturated rings. The van der Waals surface area contributed by atoms with Crippen LogP contribution in [0.5, 0.6) is 0 Å². The molecular weight excluding hydrogens is 334 g/mol. The number of carbonyl (C=O) groups excluding carboxylic acids is 1. The first-order chi connectivity index (χ1) is 11.6. The lowest BCUT2D eigenvalue weighted by atomic mass is 10.0. The predicted octanol–water partition coefficient (Wildman–Crippen LogP) is 4.93. The third kappa shape index (κ3) is 3.26. The molecule has 120 valence electrons. The van der Waals surface area contributed by atoms with Crippen LogP contribution in [0, 0.1) is 11.6 Å². The van der Waals surface area contributed by atoms with Gasteiger partial charge in [-0.2, -0.15) is 0 Å². The summed E-state index contributed by atoms with van der Waals surface area (Å²) >= 11 is 5.92. The Morgan fingerprint density at radius 3 is 2.54 bits per heavy atom. The van der Waals surface area contributed by atoms with Crippen molar-refractivity contribution in [2.24, 2.45) is 0 Å². The monoisotopic (exact) mass is 344 g/mol. The van der Waals surface area contributed by atoms with Gasteiger partial charge in [0, 0.05) is 17.4 Å². The number of amides is 1. The molecule has 6 heteroatoms. The normalized spacial score (nSPS) is 10.5. The van der Waals surface area contributed by atoms with E-state index in [1.807, 2.05) is 0 Å². The summed E-state index contributed by atoms with van der Waals surface area (Å²) < 4.78 is 26.6. The predicted molar refractivity (Wildman–Crippen MR) is 89.0 cm³/mol. The lowest BCUT2D eigenvalue weighted by Gasteiger charge is -2.12. The number of rotatable bonds is 3. The van der Waals surface area contributed by atoms with Crippen molar-refractivity contribution in [3.05, 3.63) is 83.1 Å². The third-order valence-corrected chi connectivity index (χ3v) is 3.71. The fraction of sp³-hybridized carbons (Fsp3) is 0. The lowest BCUT2D eigenvalue weighted by molar-refractivity contribution is 0.102. The van der Waals surface area contributed by atoms with Crippen LogP contribution in [0.2, 0.25) is 5.15 Å². The van der Waals surface area contributed by atoms with Gasteiger partial charge < -0.3 is 5.32 Å². The van der Waals surface area contributed by atoms with Gasteiger partial charge in [-0.25, -0.2) is 13.8 Å². The van der Waals surface area contributed by atoms with Crippen LogP contribution in [-0.4, -0.2) is 10.9 Å². The van der Waals surface area contributed by atoms with Crippen molar-refractivity contribution in [2.75, 3.05) is 5.32 Å². The summed E-state index contributed by atoms with van der Waals surface area (Å²) in [5.41, 5.74) is 1.68. The maximum atomic E-state index is 13.5. The summed E-state index contributed by atoms with van der Waals surface area (Å²) in [7, 11) is 0. The van der Waals surface area contributed by atoms with Crippen LogP contribution in [0.15, 0.2) is 60.8 Å². The quantitative estimate of drug-likeness (QED) is 0.684. The molecule has 1 aromatic heterocycles. The maximum absolute atomic E-state index is 13.5. The molecule has 0 radical (unpaired) electrons. The number of halogens is 3. The second-order valence-electron chi connectivity index (χ2n) is 4.97. The minimum Gasteiger partial charge on any atom is -0.321 e. The molecule has 0 spiro atoms.